The number of carbonyl (C=O) groups excluding carboxylic acids is 2. The van der Waals surface area contributed by atoms with E-state index in [9.17, 15) is 14.4 Å². The molecule has 6 nitrogen and oxygen atoms in total. The van der Waals surface area contributed by atoms with Crippen LogP contribution in [0.1, 0.15) is 20.7 Å². The molecule has 5 rings (SSSR count). The molecule has 8 heteroatoms. The number of carbonyl (C=O) groups is 2. The molecule has 4 aromatic carbocycles. The summed E-state index contributed by atoms with van der Waals surface area (Å²) in [6.45, 7) is 0. The van der Waals surface area contributed by atoms with E-state index in [4.69, 9.17) is 27.6 Å². The molecule has 0 aliphatic rings. The fourth-order valence-electron chi connectivity index (χ4n) is 3.84. The summed E-state index contributed by atoms with van der Waals surface area (Å²) in [6, 6.07) is 27.0. The van der Waals surface area contributed by atoms with E-state index in [1.165, 1.54) is 12.1 Å². The van der Waals surface area contributed by atoms with Crippen LogP contribution in [0.4, 0.5) is 11.4 Å². The average Bonchev–Trinajstić information content (AvgIpc) is 2.88. The molecule has 0 saturated carbocycles. The highest BCUT2D eigenvalue weighted by Crippen LogP contribution is 2.25. The van der Waals surface area contributed by atoms with Crippen molar-refractivity contribution in [2.75, 3.05) is 10.6 Å². The fourth-order valence-corrected chi connectivity index (χ4v) is 4.34. The lowest BCUT2D eigenvalue weighted by molar-refractivity contribution is 0.101. The third-order valence-corrected chi connectivity index (χ3v) is 6.18. The SMILES string of the molecule is O=C(Nc1cccc(NC(=O)c2ccc(Cl)cc2Cl)c1)c1cccc(-c2cc3ccccc3oc2=O)c1. The summed E-state index contributed by atoms with van der Waals surface area (Å²) in [7, 11) is 0. The number of para-hydroxylation sites is 1. The van der Waals surface area contributed by atoms with Gasteiger partial charge in [0.1, 0.15) is 5.58 Å². The summed E-state index contributed by atoms with van der Waals surface area (Å²) < 4.78 is 5.43. The number of fused-ring (bicyclic) bond motifs is 1. The van der Waals surface area contributed by atoms with Crippen LogP contribution in [0.3, 0.4) is 0 Å². The standard InChI is InChI=1S/C29H18Cl2N2O4/c30-20-11-12-23(25(31)15-20)28(35)33-22-9-4-8-21(16-22)32-27(34)19-7-3-6-17(13-19)24-14-18-5-1-2-10-26(18)37-29(24)36/h1-16H,(H,32,34)(H,33,35). The highest BCUT2D eigenvalue weighted by atomic mass is 35.5. The number of rotatable bonds is 5. The van der Waals surface area contributed by atoms with Crippen LogP contribution in [-0.4, -0.2) is 11.8 Å². The summed E-state index contributed by atoms with van der Waals surface area (Å²) in [4.78, 5) is 38.2. The van der Waals surface area contributed by atoms with Gasteiger partial charge in [-0.25, -0.2) is 4.79 Å². The van der Waals surface area contributed by atoms with E-state index < -0.39 is 11.5 Å². The van der Waals surface area contributed by atoms with Gasteiger partial charge < -0.3 is 15.1 Å². The molecule has 0 bridgehead atoms. The summed E-state index contributed by atoms with van der Waals surface area (Å²) in [5.74, 6) is -0.789. The van der Waals surface area contributed by atoms with Gasteiger partial charge in [0.05, 0.1) is 16.1 Å². The highest BCUT2D eigenvalue weighted by Gasteiger charge is 2.14. The maximum absolute atomic E-state index is 13.0. The van der Waals surface area contributed by atoms with Crippen molar-refractivity contribution in [1.82, 2.24) is 0 Å². The van der Waals surface area contributed by atoms with Crippen molar-refractivity contribution in [3.8, 4) is 11.1 Å². The summed E-state index contributed by atoms with van der Waals surface area (Å²) in [6.07, 6.45) is 0. The second-order valence-electron chi connectivity index (χ2n) is 8.18. The molecule has 2 N–H and O–H groups in total. The minimum absolute atomic E-state index is 0.231. The largest absolute Gasteiger partial charge is 0.422 e. The van der Waals surface area contributed by atoms with Crippen LogP contribution >= 0.6 is 23.2 Å². The van der Waals surface area contributed by atoms with Crippen LogP contribution in [0.5, 0.6) is 0 Å². The Labute approximate surface area is 221 Å². The van der Waals surface area contributed by atoms with E-state index >= 15 is 0 Å². The van der Waals surface area contributed by atoms with Crippen molar-refractivity contribution < 1.29 is 14.0 Å². The van der Waals surface area contributed by atoms with Gasteiger partial charge in [-0.2, -0.15) is 0 Å². The first-order valence-corrected chi connectivity index (χ1v) is 11.9. The van der Waals surface area contributed by atoms with Gasteiger partial charge in [0.25, 0.3) is 11.8 Å². The lowest BCUT2D eigenvalue weighted by Crippen LogP contribution is -2.14. The minimum atomic E-state index is -0.486. The average molecular weight is 529 g/mol. The third-order valence-electron chi connectivity index (χ3n) is 5.63. The van der Waals surface area contributed by atoms with Crippen LogP contribution in [-0.2, 0) is 0 Å². The Kier molecular flexibility index (Phi) is 6.77. The van der Waals surface area contributed by atoms with Gasteiger partial charge in [-0.05, 0) is 66.2 Å². The molecule has 0 fully saturated rings. The van der Waals surface area contributed by atoms with Gasteiger partial charge in [0.2, 0.25) is 0 Å². The Balaban J connectivity index is 1.35. The number of anilines is 2. The topological polar surface area (TPSA) is 88.4 Å². The van der Waals surface area contributed by atoms with Crippen molar-refractivity contribution in [2.45, 2.75) is 0 Å². The molecule has 0 aliphatic carbocycles. The minimum Gasteiger partial charge on any atom is -0.422 e. The highest BCUT2D eigenvalue weighted by molar-refractivity contribution is 6.37. The summed E-state index contributed by atoms with van der Waals surface area (Å²) >= 11 is 12.0. The second kappa shape index (κ2) is 10.3. The molecule has 182 valence electrons. The van der Waals surface area contributed by atoms with E-state index in [1.54, 1.807) is 72.8 Å². The van der Waals surface area contributed by atoms with Crippen molar-refractivity contribution in [3.63, 3.8) is 0 Å². The predicted octanol–water partition coefficient (Wildman–Crippen LogP) is 7.27. The molecule has 5 aromatic rings. The number of halogens is 2. The number of hydrogen-bond acceptors (Lipinski definition) is 4. The van der Waals surface area contributed by atoms with Crippen LogP contribution in [0.15, 0.2) is 106 Å². The Morgan fingerprint density at radius 3 is 2.22 bits per heavy atom. The quantitative estimate of drug-likeness (QED) is 0.235. The molecule has 2 amide bonds. The van der Waals surface area contributed by atoms with Crippen molar-refractivity contribution in [1.29, 1.82) is 0 Å². The number of amides is 2. The molecule has 0 atom stereocenters. The summed E-state index contributed by atoms with van der Waals surface area (Å²) in [5.41, 5.74) is 2.50. The number of hydrogen-bond donors (Lipinski definition) is 2. The van der Waals surface area contributed by atoms with E-state index in [0.29, 0.717) is 38.7 Å². The second-order valence-corrected chi connectivity index (χ2v) is 9.02. The first-order valence-electron chi connectivity index (χ1n) is 11.2. The lowest BCUT2D eigenvalue weighted by Gasteiger charge is -2.10. The zero-order valence-corrected chi connectivity index (χ0v) is 20.6. The normalized spacial score (nSPS) is 10.8. The van der Waals surface area contributed by atoms with Crippen molar-refractivity contribution in [3.05, 3.63) is 129 Å². The third kappa shape index (κ3) is 5.40. The molecule has 0 spiro atoms. The smallest absolute Gasteiger partial charge is 0.344 e. The molecule has 0 radical (unpaired) electrons. The molecule has 1 aromatic heterocycles. The van der Waals surface area contributed by atoms with Crippen LogP contribution in [0.2, 0.25) is 10.0 Å². The van der Waals surface area contributed by atoms with Crippen LogP contribution < -0.4 is 16.3 Å². The van der Waals surface area contributed by atoms with Gasteiger partial charge in [0.15, 0.2) is 0 Å². The van der Waals surface area contributed by atoms with E-state index in [-0.39, 0.29) is 16.5 Å². The zero-order valence-electron chi connectivity index (χ0n) is 19.1. The first kappa shape index (κ1) is 24.3. The zero-order chi connectivity index (χ0) is 25.9. The van der Waals surface area contributed by atoms with Gasteiger partial charge in [-0.15, -0.1) is 0 Å². The molecule has 0 aliphatic heterocycles. The molecular formula is C29H18Cl2N2O4. The maximum atomic E-state index is 13.0. The van der Waals surface area contributed by atoms with E-state index in [0.717, 1.165) is 5.39 Å². The van der Waals surface area contributed by atoms with Gasteiger partial charge in [0, 0.05) is 27.3 Å². The van der Waals surface area contributed by atoms with Gasteiger partial charge in [-0.3, -0.25) is 9.59 Å². The number of nitrogens with one attached hydrogen (secondary N) is 2. The molecular weight excluding hydrogens is 511 g/mol. The van der Waals surface area contributed by atoms with E-state index in [2.05, 4.69) is 10.6 Å². The maximum Gasteiger partial charge on any atom is 0.344 e. The Hall–Kier alpha value is -4.39. The van der Waals surface area contributed by atoms with Crippen LogP contribution in [0, 0.1) is 0 Å². The number of benzene rings is 4. The van der Waals surface area contributed by atoms with Gasteiger partial charge >= 0.3 is 5.63 Å². The Bertz CT molecular complexity index is 1730. The molecule has 0 saturated heterocycles. The van der Waals surface area contributed by atoms with E-state index in [1.807, 2.05) is 12.1 Å². The monoisotopic (exact) mass is 528 g/mol. The Morgan fingerprint density at radius 2 is 1.43 bits per heavy atom. The van der Waals surface area contributed by atoms with Crippen LogP contribution in [0.25, 0.3) is 22.1 Å². The molecule has 0 unspecified atom stereocenters. The molecule has 37 heavy (non-hydrogen) atoms. The summed E-state index contributed by atoms with van der Waals surface area (Å²) in [5, 5.41) is 7.02. The lowest BCUT2D eigenvalue weighted by atomic mass is 10.0. The van der Waals surface area contributed by atoms with Crippen molar-refractivity contribution >= 4 is 57.4 Å². The first-order chi connectivity index (χ1) is 17.9. The van der Waals surface area contributed by atoms with Gasteiger partial charge in [-0.1, -0.05) is 59.6 Å². The van der Waals surface area contributed by atoms with Crippen molar-refractivity contribution in [2.24, 2.45) is 0 Å². The predicted molar refractivity (Wildman–Crippen MR) is 147 cm³/mol. The molecule has 1 heterocycles. The fraction of sp³-hybridized carbons (Fsp3) is 0. The Morgan fingerprint density at radius 1 is 0.703 bits per heavy atom.